The minimum absolute atomic E-state index is 0.0114. The summed E-state index contributed by atoms with van der Waals surface area (Å²) in [7, 11) is 0. The third-order valence-corrected chi connectivity index (χ3v) is 4.85. The molecule has 22 heavy (non-hydrogen) atoms. The van der Waals surface area contributed by atoms with Crippen molar-refractivity contribution in [1.82, 2.24) is 9.80 Å². The molecule has 0 aromatic carbocycles. The number of likely N-dealkylation sites (tertiary alicyclic amines) is 2. The number of hydrogen-bond acceptors (Lipinski definition) is 4. The van der Waals surface area contributed by atoms with E-state index < -0.39 is 0 Å². The first kappa shape index (κ1) is 13.6. The predicted octanol–water partition coefficient (Wildman–Crippen LogP) is 2.61. The van der Waals surface area contributed by atoms with E-state index in [2.05, 4.69) is 4.90 Å². The highest BCUT2D eigenvalue weighted by molar-refractivity contribution is 5.91. The zero-order valence-corrected chi connectivity index (χ0v) is 12.5. The molecule has 2 saturated heterocycles. The van der Waals surface area contributed by atoms with Crippen molar-refractivity contribution in [2.75, 3.05) is 19.6 Å². The highest BCUT2D eigenvalue weighted by Crippen LogP contribution is 2.32. The Morgan fingerprint density at radius 2 is 2.05 bits per heavy atom. The van der Waals surface area contributed by atoms with Gasteiger partial charge < -0.3 is 13.7 Å². The molecular formula is C17H20N2O3. The second-order valence-electron chi connectivity index (χ2n) is 6.21. The largest absolute Gasteiger partial charge is 0.468 e. The molecule has 5 nitrogen and oxygen atoms in total. The van der Waals surface area contributed by atoms with Crippen LogP contribution in [-0.4, -0.2) is 41.4 Å². The second kappa shape index (κ2) is 5.65. The number of nitrogens with zero attached hydrogens (tertiary/aromatic N) is 2. The molecule has 1 amide bonds. The molecule has 0 bridgehead atoms. The molecule has 4 heterocycles. The van der Waals surface area contributed by atoms with Crippen molar-refractivity contribution < 1.29 is 13.6 Å². The Labute approximate surface area is 129 Å². The maximum absolute atomic E-state index is 12.5. The van der Waals surface area contributed by atoms with E-state index in [1.54, 1.807) is 24.7 Å². The van der Waals surface area contributed by atoms with Crippen LogP contribution in [0.5, 0.6) is 0 Å². The average molecular weight is 300 g/mol. The van der Waals surface area contributed by atoms with E-state index in [4.69, 9.17) is 8.83 Å². The first-order valence-electron chi connectivity index (χ1n) is 7.90. The van der Waals surface area contributed by atoms with E-state index in [9.17, 15) is 4.79 Å². The van der Waals surface area contributed by atoms with Crippen molar-refractivity contribution in [2.45, 2.75) is 25.4 Å². The van der Waals surface area contributed by atoms with E-state index in [-0.39, 0.29) is 5.91 Å². The number of fused-ring (bicyclic) bond motifs is 1. The lowest BCUT2D eigenvalue weighted by atomic mass is 9.92. The van der Waals surface area contributed by atoms with Gasteiger partial charge in [-0.1, -0.05) is 0 Å². The zero-order chi connectivity index (χ0) is 14.9. The van der Waals surface area contributed by atoms with Crippen molar-refractivity contribution in [3.63, 3.8) is 0 Å². The number of amides is 1. The Bertz CT molecular complexity index is 620. The van der Waals surface area contributed by atoms with Crippen LogP contribution < -0.4 is 0 Å². The van der Waals surface area contributed by atoms with Gasteiger partial charge in [0.15, 0.2) is 5.76 Å². The molecule has 0 saturated carbocycles. The maximum Gasteiger partial charge on any atom is 0.289 e. The fourth-order valence-electron chi connectivity index (χ4n) is 3.79. The van der Waals surface area contributed by atoms with Gasteiger partial charge in [0.25, 0.3) is 5.91 Å². The van der Waals surface area contributed by atoms with Crippen molar-refractivity contribution in [2.24, 2.45) is 5.92 Å². The van der Waals surface area contributed by atoms with Crippen molar-refractivity contribution >= 4 is 5.91 Å². The molecule has 0 spiro atoms. The van der Waals surface area contributed by atoms with Crippen LogP contribution in [0, 0.1) is 5.92 Å². The van der Waals surface area contributed by atoms with Gasteiger partial charge in [-0.3, -0.25) is 9.69 Å². The zero-order valence-electron chi connectivity index (χ0n) is 12.5. The number of hydrogen-bond donors (Lipinski definition) is 0. The number of furan rings is 2. The molecule has 2 aromatic rings. The molecule has 5 heteroatoms. The lowest BCUT2D eigenvalue weighted by Gasteiger charge is -2.36. The summed E-state index contributed by atoms with van der Waals surface area (Å²) < 4.78 is 10.7. The molecule has 0 N–H and O–H groups in total. The Kier molecular flexibility index (Phi) is 3.50. The predicted molar refractivity (Wildman–Crippen MR) is 80.2 cm³/mol. The molecule has 0 unspecified atom stereocenters. The van der Waals surface area contributed by atoms with Crippen LogP contribution in [0.1, 0.15) is 29.2 Å². The summed E-state index contributed by atoms with van der Waals surface area (Å²) in [6.45, 7) is 3.52. The van der Waals surface area contributed by atoms with Crippen LogP contribution in [0.2, 0.25) is 0 Å². The van der Waals surface area contributed by atoms with Crippen molar-refractivity contribution in [3.05, 3.63) is 48.3 Å². The van der Waals surface area contributed by atoms with Crippen LogP contribution in [0.4, 0.5) is 0 Å². The van der Waals surface area contributed by atoms with Gasteiger partial charge in [-0.15, -0.1) is 0 Å². The highest BCUT2D eigenvalue weighted by Gasteiger charge is 2.41. The van der Waals surface area contributed by atoms with Gasteiger partial charge in [0.2, 0.25) is 0 Å². The second-order valence-corrected chi connectivity index (χ2v) is 6.21. The summed E-state index contributed by atoms with van der Waals surface area (Å²) in [6, 6.07) is 7.88. The van der Waals surface area contributed by atoms with E-state index in [0.717, 1.165) is 31.9 Å². The molecule has 0 aliphatic carbocycles. The number of carbonyl (C=O) groups excluding carboxylic acids is 1. The summed E-state index contributed by atoms with van der Waals surface area (Å²) >= 11 is 0. The molecule has 2 aliphatic heterocycles. The SMILES string of the molecule is O=C(c1ccco1)N1C[C@H]2CCCN(Cc3ccco3)[C@H]2C1. The minimum atomic E-state index is 0.0114. The molecule has 2 fully saturated rings. The molecule has 2 atom stereocenters. The Hall–Kier alpha value is -2.01. The molecule has 2 aromatic heterocycles. The maximum atomic E-state index is 12.5. The number of carbonyl (C=O) groups is 1. The van der Waals surface area contributed by atoms with Crippen LogP contribution >= 0.6 is 0 Å². The lowest BCUT2D eigenvalue weighted by molar-refractivity contribution is 0.0741. The van der Waals surface area contributed by atoms with Gasteiger partial charge in [-0.25, -0.2) is 0 Å². The molecule has 2 aliphatic rings. The summed E-state index contributed by atoms with van der Waals surface area (Å²) in [6.07, 6.45) is 5.66. The first-order valence-corrected chi connectivity index (χ1v) is 7.90. The average Bonchev–Trinajstić information content (AvgIpc) is 3.28. The highest BCUT2D eigenvalue weighted by atomic mass is 16.3. The van der Waals surface area contributed by atoms with E-state index in [1.807, 2.05) is 17.0 Å². The summed E-state index contributed by atoms with van der Waals surface area (Å²) in [5, 5.41) is 0. The summed E-state index contributed by atoms with van der Waals surface area (Å²) in [5.41, 5.74) is 0. The quantitative estimate of drug-likeness (QED) is 0.874. The topological polar surface area (TPSA) is 49.8 Å². The van der Waals surface area contributed by atoms with Crippen LogP contribution in [0.15, 0.2) is 45.6 Å². The fraction of sp³-hybridized carbons (Fsp3) is 0.471. The van der Waals surface area contributed by atoms with Gasteiger partial charge in [-0.05, 0) is 49.6 Å². The third kappa shape index (κ3) is 2.46. The Morgan fingerprint density at radius 3 is 2.82 bits per heavy atom. The first-order chi connectivity index (χ1) is 10.8. The van der Waals surface area contributed by atoms with Crippen LogP contribution in [0.3, 0.4) is 0 Å². The fourth-order valence-corrected chi connectivity index (χ4v) is 3.79. The summed E-state index contributed by atoms with van der Waals surface area (Å²) in [4.78, 5) is 16.9. The van der Waals surface area contributed by atoms with Gasteiger partial charge in [-0.2, -0.15) is 0 Å². The monoisotopic (exact) mass is 300 g/mol. The van der Waals surface area contributed by atoms with Crippen LogP contribution in [0.25, 0.3) is 0 Å². The summed E-state index contributed by atoms with van der Waals surface area (Å²) in [5.74, 6) is 2.01. The smallest absolute Gasteiger partial charge is 0.289 e. The van der Waals surface area contributed by atoms with Gasteiger partial charge in [0, 0.05) is 19.1 Å². The molecule has 4 rings (SSSR count). The Morgan fingerprint density at radius 1 is 1.18 bits per heavy atom. The van der Waals surface area contributed by atoms with E-state index in [0.29, 0.717) is 17.7 Å². The number of rotatable bonds is 3. The van der Waals surface area contributed by atoms with Gasteiger partial charge in [0.05, 0.1) is 19.1 Å². The Balaban J connectivity index is 1.47. The molecule has 0 radical (unpaired) electrons. The van der Waals surface area contributed by atoms with Crippen LogP contribution in [-0.2, 0) is 6.54 Å². The van der Waals surface area contributed by atoms with E-state index >= 15 is 0 Å². The third-order valence-electron chi connectivity index (χ3n) is 4.85. The lowest BCUT2D eigenvalue weighted by Crippen LogP contribution is -2.44. The van der Waals surface area contributed by atoms with Gasteiger partial charge >= 0.3 is 0 Å². The van der Waals surface area contributed by atoms with Crippen molar-refractivity contribution in [3.8, 4) is 0 Å². The molecule has 116 valence electrons. The number of piperidine rings is 1. The minimum Gasteiger partial charge on any atom is -0.468 e. The van der Waals surface area contributed by atoms with Crippen molar-refractivity contribution in [1.29, 1.82) is 0 Å². The standard InChI is InChI=1S/C17H20N2O3/c20-17(16-6-3-9-22-16)19-10-13-4-1-7-18(15(13)12-19)11-14-5-2-8-21-14/h2-3,5-6,8-9,13,15H,1,4,7,10-12H2/t13-,15+/m1/s1. The van der Waals surface area contributed by atoms with E-state index in [1.165, 1.54) is 12.8 Å². The van der Waals surface area contributed by atoms with Gasteiger partial charge in [0.1, 0.15) is 5.76 Å². The normalized spacial score (nSPS) is 25.4. The molecular weight excluding hydrogens is 280 g/mol.